The molecule has 2 aromatic rings. The second-order valence-electron chi connectivity index (χ2n) is 6.24. The SMILES string of the molecule is O=C(CCS(=O)(=O)N1CCCc2ccccc21)NCc1ccccc1F. The minimum atomic E-state index is -3.58. The molecule has 1 N–H and O–H groups in total. The van der Waals surface area contributed by atoms with E-state index < -0.39 is 21.7 Å². The molecule has 0 atom stereocenters. The molecule has 0 bridgehead atoms. The standard InChI is InChI=1S/C19H21FN2O3S/c20-17-9-3-1-7-16(17)14-21-19(23)11-13-26(24,25)22-12-5-8-15-6-2-4-10-18(15)22/h1-4,6-7,9-10H,5,8,11-14H2,(H,21,23). The van der Waals surface area contributed by atoms with Gasteiger partial charge in [-0.1, -0.05) is 36.4 Å². The van der Waals surface area contributed by atoms with Crippen molar-refractivity contribution < 1.29 is 17.6 Å². The van der Waals surface area contributed by atoms with Crippen LogP contribution in [0.4, 0.5) is 10.1 Å². The Morgan fingerprint density at radius 2 is 1.85 bits per heavy atom. The molecule has 0 saturated carbocycles. The lowest BCUT2D eigenvalue weighted by atomic mass is 10.0. The number of rotatable bonds is 6. The average molecular weight is 376 g/mol. The Labute approximate surface area is 152 Å². The van der Waals surface area contributed by atoms with Gasteiger partial charge in [-0.3, -0.25) is 9.10 Å². The molecule has 0 aromatic heterocycles. The van der Waals surface area contributed by atoms with E-state index in [0.717, 1.165) is 18.4 Å². The maximum absolute atomic E-state index is 13.5. The molecule has 0 unspecified atom stereocenters. The van der Waals surface area contributed by atoms with Gasteiger partial charge in [-0.05, 0) is 30.5 Å². The molecule has 7 heteroatoms. The van der Waals surface area contributed by atoms with Crippen LogP contribution in [0.1, 0.15) is 24.0 Å². The molecule has 3 rings (SSSR count). The highest BCUT2D eigenvalue weighted by atomic mass is 32.2. The predicted molar refractivity (Wildman–Crippen MR) is 98.8 cm³/mol. The third-order valence-corrected chi connectivity index (χ3v) is 6.20. The van der Waals surface area contributed by atoms with E-state index in [9.17, 15) is 17.6 Å². The van der Waals surface area contributed by atoms with E-state index in [1.54, 1.807) is 24.3 Å². The van der Waals surface area contributed by atoms with Gasteiger partial charge in [0.25, 0.3) is 0 Å². The van der Waals surface area contributed by atoms with Crippen LogP contribution in [0.3, 0.4) is 0 Å². The summed E-state index contributed by atoms with van der Waals surface area (Å²) < 4.78 is 40.3. The maximum atomic E-state index is 13.5. The first-order chi connectivity index (χ1) is 12.5. The van der Waals surface area contributed by atoms with Gasteiger partial charge in [0.05, 0.1) is 11.4 Å². The number of benzene rings is 2. The Morgan fingerprint density at radius 3 is 2.65 bits per heavy atom. The van der Waals surface area contributed by atoms with Crippen LogP contribution in [0.5, 0.6) is 0 Å². The molecular formula is C19H21FN2O3S. The number of carbonyl (C=O) groups excluding carboxylic acids is 1. The van der Waals surface area contributed by atoms with Crippen molar-refractivity contribution in [2.45, 2.75) is 25.8 Å². The van der Waals surface area contributed by atoms with Crippen molar-refractivity contribution in [3.8, 4) is 0 Å². The summed E-state index contributed by atoms with van der Waals surface area (Å²) in [5.41, 5.74) is 2.07. The van der Waals surface area contributed by atoms with Gasteiger partial charge in [-0.15, -0.1) is 0 Å². The summed E-state index contributed by atoms with van der Waals surface area (Å²) >= 11 is 0. The van der Waals surface area contributed by atoms with E-state index in [0.29, 0.717) is 17.8 Å². The summed E-state index contributed by atoms with van der Waals surface area (Å²) in [7, 11) is -3.58. The van der Waals surface area contributed by atoms with E-state index in [4.69, 9.17) is 0 Å². The molecule has 5 nitrogen and oxygen atoms in total. The Bertz CT molecular complexity index is 899. The number of nitrogens with one attached hydrogen (secondary N) is 1. The molecule has 1 aliphatic heterocycles. The van der Waals surface area contributed by atoms with Gasteiger partial charge in [-0.2, -0.15) is 0 Å². The number of nitrogens with zero attached hydrogens (tertiary/aromatic N) is 1. The van der Waals surface area contributed by atoms with E-state index in [2.05, 4.69) is 5.32 Å². The summed E-state index contributed by atoms with van der Waals surface area (Å²) in [5, 5.41) is 2.57. The van der Waals surface area contributed by atoms with Gasteiger partial charge in [0.1, 0.15) is 5.82 Å². The number of halogens is 1. The number of sulfonamides is 1. The first-order valence-electron chi connectivity index (χ1n) is 8.56. The molecule has 2 aromatic carbocycles. The third kappa shape index (κ3) is 4.22. The highest BCUT2D eigenvalue weighted by Crippen LogP contribution is 2.29. The molecule has 0 aliphatic carbocycles. The van der Waals surface area contributed by atoms with Gasteiger partial charge in [0.15, 0.2) is 0 Å². The van der Waals surface area contributed by atoms with Crippen LogP contribution < -0.4 is 9.62 Å². The van der Waals surface area contributed by atoms with E-state index in [1.165, 1.54) is 10.4 Å². The molecule has 26 heavy (non-hydrogen) atoms. The predicted octanol–water partition coefficient (Wildman–Crippen LogP) is 2.61. The van der Waals surface area contributed by atoms with Crippen molar-refractivity contribution in [3.63, 3.8) is 0 Å². The number of amides is 1. The van der Waals surface area contributed by atoms with Crippen LogP contribution in [0.25, 0.3) is 0 Å². The lowest BCUT2D eigenvalue weighted by molar-refractivity contribution is -0.120. The number of aryl methyl sites for hydroxylation is 1. The lowest BCUT2D eigenvalue weighted by Crippen LogP contribution is -2.38. The van der Waals surface area contributed by atoms with Gasteiger partial charge in [0, 0.05) is 25.1 Å². The number of para-hydroxylation sites is 1. The van der Waals surface area contributed by atoms with Crippen molar-refractivity contribution in [1.29, 1.82) is 0 Å². The van der Waals surface area contributed by atoms with Crippen molar-refractivity contribution in [1.82, 2.24) is 5.32 Å². The van der Waals surface area contributed by atoms with Crippen LogP contribution in [-0.2, 0) is 27.8 Å². The second-order valence-corrected chi connectivity index (χ2v) is 8.25. The topological polar surface area (TPSA) is 66.5 Å². The largest absolute Gasteiger partial charge is 0.352 e. The molecule has 0 spiro atoms. The van der Waals surface area contributed by atoms with Crippen LogP contribution in [0.2, 0.25) is 0 Å². The smallest absolute Gasteiger partial charge is 0.235 e. The van der Waals surface area contributed by atoms with E-state index in [-0.39, 0.29) is 18.7 Å². The zero-order valence-corrected chi connectivity index (χ0v) is 15.1. The lowest BCUT2D eigenvalue weighted by Gasteiger charge is -2.30. The van der Waals surface area contributed by atoms with Crippen molar-refractivity contribution >= 4 is 21.6 Å². The van der Waals surface area contributed by atoms with Crippen LogP contribution in [-0.4, -0.2) is 26.6 Å². The van der Waals surface area contributed by atoms with E-state index in [1.807, 2.05) is 18.2 Å². The Kier molecular flexibility index (Phi) is 5.56. The Balaban J connectivity index is 1.59. The number of hydrogen-bond donors (Lipinski definition) is 1. The third-order valence-electron chi connectivity index (χ3n) is 4.42. The Morgan fingerprint density at radius 1 is 1.12 bits per heavy atom. The Hall–Kier alpha value is -2.41. The minimum absolute atomic E-state index is 0.0398. The zero-order valence-electron chi connectivity index (χ0n) is 14.3. The minimum Gasteiger partial charge on any atom is -0.352 e. The molecule has 0 radical (unpaired) electrons. The summed E-state index contributed by atoms with van der Waals surface area (Å²) in [4.78, 5) is 12.0. The molecule has 0 saturated heterocycles. The summed E-state index contributed by atoms with van der Waals surface area (Å²) in [6, 6.07) is 13.6. The number of carbonyl (C=O) groups is 1. The quantitative estimate of drug-likeness (QED) is 0.843. The maximum Gasteiger partial charge on any atom is 0.235 e. The monoisotopic (exact) mass is 376 g/mol. The highest BCUT2D eigenvalue weighted by Gasteiger charge is 2.27. The number of fused-ring (bicyclic) bond motifs is 1. The first-order valence-corrected chi connectivity index (χ1v) is 10.2. The molecule has 1 amide bonds. The van der Waals surface area contributed by atoms with Crippen LogP contribution in [0, 0.1) is 5.82 Å². The highest BCUT2D eigenvalue weighted by molar-refractivity contribution is 7.92. The first kappa shape index (κ1) is 18.4. The van der Waals surface area contributed by atoms with Crippen molar-refractivity contribution in [2.24, 2.45) is 0 Å². The molecule has 138 valence electrons. The van der Waals surface area contributed by atoms with E-state index >= 15 is 0 Å². The molecular weight excluding hydrogens is 355 g/mol. The van der Waals surface area contributed by atoms with Gasteiger partial charge in [-0.25, -0.2) is 12.8 Å². The van der Waals surface area contributed by atoms with Crippen LogP contribution >= 0.6 is 0 Å². The fraction of sp³-hybridized carbons (Fsp3) is 0.316. The summed E-state index contributed by atoms with van der Waals surface area (Å²) in [5.74, 6) is -1.09. The van der Waals surface area contributed by atoms with Crippen LogP contribution in [0.15, 0.2) is 48.5 Å². The van der Waals surface area contributed by atoms with Gasteiger partial charge < -0.3 is 5.32 Å². The van der Waals surface area contributed by atoms with Gasteiger partial charge >= 0.3 is 0 Å². The fourth-order valence-corrected chi connectivity index (χ4v) is 4.59. The van der Waals surface area contributed by atoms with Crippen molar-refractivity contribution in [3.05, 3.63) is 65.5 Å². The summed E-state index contributed by atoms with van der Waals surface area (Å²) in [6.07, 6.45) is 1.45. The van der Waals surface area contributed by atoms with Crippen molar-refractivity contribution in [2.75, 3.05) is 16.6 Å². The normalized spacial score (nSPS) is 14.0. The van der Waals surface area contributed by atoms with Gasteiger partial charge in [0.2, 0.25) is 15.9 Å². The zero-order chi connectivity index (χ0) is 18.6. The average Bonchev–Trinajstić information content (AvgIpc) is 2.65. The second kappa shape index (κ2) is 7.86. The molecule has 1 aliphatic rings. The molecule has 1 heterocycles. The molecule has 0 fully saturated rings. The number of anilines is 1. The number of hydrogen-bond acceptors (Lipinski definition) is 3. The summed E-state index contributed by atoms with van der Waals surface area (Å²) in [6.45, 7) is 0.467. The fourth-order valence-electron chi connectivity index (χ4n) is 3.04.